The zero-order chi connectivity index (χ0) is 42.6. The normalized spacial score (nSPS) is 12.0. The minimum absolute atomic E-state index is 0.766. The van der Waals surface area contributed by atoms with Crippen LogP contribution in [-0.2, 0) is 0 Å². The monoisotopic (exact) mass is 804 g/mol. The second-order valence-corrected chi connectivity index (χ2v) is 16.2. The maximum Gasteiger partial charge on any atom is 0.143 e. The third-order valence-electron chi connectivity index (χ3n) is 12.5. The Morgan fingerprint density at radius 3 is 2.33 bits per heavy atom. The number of hydrogen-bond acceptors (Lipinski definition) is 3. The van der Waals surface area contributed by atoms with Crippen molar-refractivity contribution < 1.29 is 4.42 Å². The van der Waals surface area contributed by atoms with Gasteiger partial charge in [0.25, 0.3) is 0 Å². The van der Waals surface area contributed by atoms with E-state index < -0.39 is 0 Å². The molecule has 0 unspecified atom stereocenters. The summed E-state index contributed by atoms with van der Waals surface area (Å²) in [6.07, 6.45) is 15.1. The van der Waals surface area contributed by atoms with Gasteiger partial charge in [0.1, 0.15) is 11.2 Å². The number of rotatable bonds is 7. The lowest BCUT2D eigenvalue weighted by Gasteiger charge is -2.14. The number of furan rings is 1. The Hall–Kier alpha value is -8.24. The van der Waals surface area contributed by atoms with Crippen LogP contribution in [0.4, 0.5) is 0 Å². The van der Waals surface area contributed by atoms with Crippen molar-refractivity contribution in [1.82, 2.24) is 9.97 Å². The van der Waals surface area contributed by atoms with E-state index in [2.05, 4.69) is 172 Å². The summed E-state index contributed by atoms with van der Waals surface area (Å²) in [4.78, 5) is 10.8. The minimum Gasteiger partial charge on any atom is -0.455 e. The van der Waals surface area contributed by atoms with Crippen molar-refractivity contribution >= 4 is 76.9 Å². The molecule has 0 fully saturated rings. The van der Waals surface area contributed by atoms with Crippen LogP contribution in [-0.4, -0.2) is 9.97 Å². The lowest BCUT2D eigenvalue weighted by molar-refractivity contribution is 0.670. The van der Waals surface area contributed by atoms with Gasteiger partial charge in [-0.3, -0.25) is 4.98 Å². The average molecular weight is 805 g/mol. The van der Waals surface area contributed by atoms with Crippen LogP contribution >= 0.6 is 0 Å². The molecule has 0 aliphatic rings. The second kappa shape index (κ2) is 15.3. The Labute approximate surface area is 366 Å². The molecule has 63 heavy (non-hydrogen) atoms. The number of terminal acetylenes is 1. The molecule has 0 N–H and O–H groups in total. The standard InChI is InChI=1S/C60H40N2O/c1-5-7-18-40-33-52(60-57(38(40)4)51-25-12-13-27-56(51)63-60)41-21-14-22-44(32-41)55-36-61-58-53-34-43(48-26-15-20-39-19-9-11-24-47(39)48)29-30-49(53)50-31-28-42(35-54(50)59(58)62-55)46(16-6-2)45-23-10-8-17-37(45)3/h2,7-27,29-30,32-36H,5H2,1,3-4H3. The second-order valence-electron chi connectivity index (χ2n) is 16.2. The van der Waals surface area contributed by atoms with E-state index in [-0.39, 0.29) is 0 Å². The van der Waals surface area contributed by atoms with Gasteiger partial charge in [-0.25, -0.2) is 4.98 Å². The fourth-order valence-corrected chi connectivity index (χ4v) is 9.33. The highest BCUT2D eigenvalue weighted by molar-refractivity contribution is 6.24. The molecule has 0 aliphatic carbocycles. The Morgan fingerprint density at radius 1 is 0.683 bits per heavy atom. The summed E-state index contributed by atoms with van der Waals surface area (Å²) in [7, 11) is 0. The number of hydrogen-bond donors (Lipinski definition) is 0. The van der Waals surface area contributed by atoms with Crippen LogP contribution in [0.3, 0.4) is 0 Å². The molecule has 296 valence electrons. The van der Waals surface area contributed by atoms with Crippen LogP contribution in [0.25, 0.3) is 110 Å². The third-order valence-corrected chi connectivity index (χ3v) is 12.5. The van der Waals surface area contributed by atoms with Crippen LogP contribution in [0.1, 0.15) is 41.2 Å². The molecule has 11 rings (SSSR count). The predicted molar refractivity (Wildman–Crippen MR) is 264 cm³/mol. The number of allylic oxidation sites excluding steroid dienone is 2. The van der Waals surface area contributed by atoms with Gasteiger partial charge in [-0.15, -0.1) is 6.42 Å². The molecule has 0 amide bonds. The number of aryl methyl sites for hydroxylation is 2. The number of benzene rings is 8. The first-order chi connectivity index (χ1) is 31.0. The van der Waals surface area contributed by atoms with Crippen molar-refractivity contribution in [2.75, 3.05) is 0 Å². The Kier molecular flexibility index (Phi) is 9.19. The number of aromatic nitrogens is 2. The van der Waals surface area contributed by atoms with E-state index in [1.54, 1.807) is 0 Å². The number of para-hydroxylation sites is 1. The molecule has 0 atom stereocenters. The third kappa shape index (κ3) is 6.34. The predicted octanol–water partition coefficient (Wildman–Crippen LogP) is 15.7. The molecule has 0 radical (unpaired) electrons. The van der Waals surface area contributed by atoms with Crippen LogP contribution in [0.2, 0.25) is 0 Å². The minimum atomic E-state index is 0.766. The Bertz CT molecular complexity index is 3760. The Morgan fingerprint density at radius 2 is 1.46 bits per heavy atom. The smallest absolute Gasteiger partial charge is 0.143 e. The first-order valence-electron chi connectivity index (χ1n) is 21.4. The van der Waals surface area contributed by atoms with Gasteiger partial charge in [0.2, 0.25) is 0 Å². The van der Waals surface area contributed by atoms with Crippen molar-refractivity contribution in [3.05, 3.63) is 204 Å². The van der Waals surface area contributed by atoms with Crippen LogP contribution < -0.4 is 0 Å². The molecule has 0 spiro atoms. The quantitative estimate of drug-likeness (QED) is 0.119. The van der Waals surface area contributed by atoms with Gasteiger partial charge < -0.3 is 4.42 Å². The highest BCUT2D eigenvalue weighted by Crippen LogP contribution is 2.42. The molecular weight excluding hydrogens is 765 g/mol. The molecule has 2 heterocycles. The van der Waals surface area contributed by atoms with Gasteiger partial charge in [-0.2, -0.15) is 0 Å². The average Bonchev–Trinajstić information content (AvgIpc) is 3.73. The van der Waals surface area contributed by atoms with Crippen molar-refractivity contribution in [2.45, 2.75) is 27.2 Å². The molecular formula is C60H40N2O. The SMILES string of the molecule is C#CC=C(c1c#cc2c3ccc(-c4cccc5ccccc45)cc3c3ncc(-c4cccc(-c5cc(C=CCC)c(C)c6c5oc5ccccc56)c4)nc3c2c1)c1ccccc1C. The molecule has 0 bridgehead atoms. The summed E-state index contributed by atoms with van der Waals surface area (Å²) in [5.74, 6) is 2.79. The molecule has 0 aliphatic heterocycles. The number of nitrogens with zero attached hydrogens (tertiary/aromatic N) is 2. The van der Waals surface area contributed by atoms with Crippen molar-refractivity contribution in [2.24, 2.45) is 0 Å². The zero-order valence-electron chi connectivity index (χ0n) is 35.3. The van der Waals surface area contributed by atoms with Crippen molar-refractivity contribution in [1.29, 1.82) is 0 Å². The lowest BCUT2D eigenvalue weighted by atomic mass is 9.91. The van der Waals surface area contributed by atoms with Gasteiger partial charge in [-0.1, -0.05) is 152 Å². The fourth-order valence-electron chi connectivity index (χ4n) is 9.33. The topological polar surface area (TPSA) is 38.9 Å². The van der Waals surface area contributed by atoms with Crippen molar-refractivity contribution in [3.63, 3.8) is 0 Å². The summed E-state index contributed by atoms with van der Waals surface area (Å²) < 4.78 is 6.65. The van der Waals surface area contributed by atoms with Crippen LogP contribution in [0, 0.1) is 38.3 Å². The highest BCUT2D eigenvalue weighted by Gasteiger charge is 2.20. The van der Waals surface area contributed by atoms with E-state index in [0.717, 1.165) is 111 Å². The van der Waals surface area contributed by atoms with E-state index in [1.807, 2.05) is 36.5 Å². The van der Waals surface area contributed by atoms with Gasteiger partial charge in [0.05, 0.1) is 22.9 Å². The first-order valence-corrected chi connectivity index (χ1v) is 21.4. The van der Waals surface area contributed by atoms with E-state index in [1.165, 1.54) is 27.5 Å². The van der Waals surface area contributed by atoms with Crippen LogP contribution in [0.5, 0.6) is 0 Å². The van der Waals surface area contributed by atoms with E-state index >= 15 is 0 Å². The van der Waals surface area contributed by atoms with Gasteiger partial charge in [0, 0.05) is 54.6 Å². The zero-order valence-corrected chi connectivity index (χ0v) is 35.3. The maximum absolute atomic E-state index is 6.65. The highest BCUT2D eigenvalue weighted by atomic mass is 16.3. The summed E-state index contributed by atoms with van der Waals surface area (Å²) in [5.41, 5.74) is 15.8. The van der Waals surface area contributed by atoms with Gasteiger partial charge in [-0.05, 0) is 106 Å². The Balaban J connectivity index is 1.15. The van der Waals surface area contributed by atoms with Gasteiger partial charge in [0.15, 0.2) is 0 Å². The summed E-state index contributed by atoms with van der Waals surface area (Å²) in [6.45, 7) is 6.46. The largest absolute Gasteiger partial charge is 0.455 e. The van der Waals surface area contributed by atoms with Crippen molar-refractivity contribution in [3.8, 4) is 45.9 Å². The molecule has 3 nitrogen and oxygen atoms in total. The number of fused-ring (bicyclic) bond motifs is 10. The van der Waals surface area contributed by atoms with Crippen LogP contribution in [0.15, 0.2) is 168 Å². The summed E-state index contributed by atoms with van der Waals surface area (Å²) in [6, 6.07) is 58.4. The fraction of sp³-hybridized carbons (Fsp3) is 0.0667. The lowest BCUT2D eigenvalue weighted by Crippen LogP contribution is -1.95. The van der Waals surface area contributed by atoms with Gasteiger partial charge >= 0.3 is 0 Å². The molecule has 2 aromatic heterocycles. The summed E-state index contributed by atoms with van der Waals surface area (Å²) >= 11 is 0. The van der Waals surface area contributed by atoms with E-state index in [4.69, 9.17) is 20.8 Å². The molecule has 3 heteroatoms. The molecule has 0 saturated heterocycles. The van der Waals surface area contributed by atoms with E-state index in [0.29, 0.717) is 0 Å². The summed E-state index contributed by atoms with van der Waals surface area (Å²) in [5, 5.41) is 8.56. The van der Waals surface area contributed by atoms with E-state index in [9.17, 15) is 0 Å². The molecule has 11 aromatic rings. The maximum atomic E-state index is 6.65. The molecule has 0 saturated carbocycles. The first kappa shape index (κ1) is 37.7. The molecule has 9 aromatic carbocycles.